The summed E-state index contributed by atoms with van der Waals surface area (Å²) in [6.45, 7) is 0. The summed E-state index contributed by atoms with van der Waals surface area (Å²) in [5, 5.41) is 8.55. The van der Waals surface area contributed by atoms with Crippen LogP contribution in [0.2, 0.25) is 0 Å². The molecule has 0 aliphatic rings. The third-order valence-corrected chi connectivity index (χ3v) is 2.76. The van der Waals surface area contributed by atoms with Crippen molar-refractivity contribution >= 4 is 16.7 Å². The summed E-state index contributed by atoms with van der Waals surface area (Å²) in [6.07, 6.45) is 5.16. The first-order valence-corrected chi connectivity index (χ1v) is 5.48. The van der Waals surface area contributed by atoms with Gasteiger partial charge < -0.3 is 5.73 Å². The van der Waals surface area contributed by atoms with Crippen LogP contribution in [0, 0.1) is 5.41 Å². The molecule has 2 heterocycles. The lowest BCUT2D eigenvalue weighted by Gasteiger charge is -2.08. The number of nitrogens with zero attached hydrogens (tertiary/aromatic N) is 3. The van der Waals surface area contributed by atoms with Crippen LogP contribution in [-0.2, 0) is 0 Å². The summed E-state index contributed by atoms with van der Waals surface area (Å²) < 4.78 is 1.79. The second-order valence-corrected chi connectivity index (χ2v) is 3.93. The van der Waals surface area contributed by atoms with Gasteiger partial charge in [0.1, 0.15) is 18.0 Å². The lowest BCUT2D eigenvalue weighted by molar-refractivity contribution is 1.00. The van der Waals surface area contributed by atoms with Gasteiger partial charge in [0, 0.05) is 23.3 Å². The number of nitrogens with one attached hydrogen (secondary N) is 1. The van der Waals surface area contributed by atoms with Crippen LogP contribution in [0.1, 0.15) is 5.56 Å². The Morgan fingerprint density at radius 3 is 2.83 bits per heavy atom. The number of nitrogens with two attached hydrogens (primary N) is 1. The number of pyridine rings is 1. The van der Waals surface area contributed by atoms with E-state index in [2.05, 4.69) is 9.97 Å². The van der Waals surface area contributed by atoms with Gasteiger partial charge in [-0.05, 0) is 12.1 Å². The fourth-order valence-electron chi connectivity index (χ4n) is 1.91. The Bertz CT molecular complexity index is 715. The van der Waals surface area contributed by atoms with Crippen LogP contribution in [-0.4, -0.2) is 20.4 Å². The predicted octanol–water partition coefficient (Wildman–Crippen LogP) is 1.70. The van der Waals surface area contributed by atoms with Gasteiger partial charge in [0.2, 0.25) is 0 Å². The van der Waals surface area contributed by atoms with Crippen molar-refractivity contribution < 1.29 is 0 Å². The molecule has 88 valence electrons. The topological polar surface area (TPSA) is 80.6 Å². The highest BCUT2D eigenvalue weighted by Crippen LogP contribution is 2.19. The Morgan fingerprint density at radius 1 is 1.28 bits per heavy atom. The summed E-state index contributed by atoms with van der Waals surface area (Å²) in [5.41, 5.74) is 7.13. The predicted molar refractivity (Wildman–Crippen MR) is 69.9 cm³/mol. The minimum atomic E-state index is 0.0370. The molecule has 3 N–H and O–H groups in total. The summed E-state index contributed by atoms with van der Waals surface area (Å²) in [5.74, 6) is 0.742. The zero-order valence-electron chi connectivity index (χ0n) is 9.54. The van der Waals surface area contributed by atoms with Crippen molar-refractivity contribution in [3.8, 4) is 5.82 Å². The standard InChI is InChI=1S/C13H11N5/c14-13(15)10-7-12(18-6-5-16-8-18)17-11-4-2-1-3-9(10)11/h1-8H,(H3,14,15). The van der Waals surface area contributed by atoms with Gasteiger partial charge in [-0.1, -0.05) is 18.2 Å². The lowest BCUT2D eigenvalue weighted by atomic mass is 10.1. The van der Waals surface area contributed by atoms with Crippen LogP contribution >= 0.6 is 0 Å². The van der Waals surface area contributed by atoms with Crippen molar-refractivity contribution in [3.05, 3.63) is 54.6 Å². The third kappa shape index (κ3) is 1.62. The molecule has 0 atom stereocenters. The highest BCUT2D eigenvalue weighted by atomic mass is 15.1. The van der Waals surface area contributed by atoms with E-state index in [4.69, 9.17) is 11.1 Å². The van der Waals surface area contributed by atoms with Crippen molar-refractivity contribution in [1.82, 2.24) is 14.5 Å². The highest BCUT2D eigenvalue weighted by molar-refractivity contribution is 6.07. The van der Waals surface area contributed by atoms with Crippen LogP contribution in [0.3, 0.4) is 0 Å². The van der Waals surface area contributed by atoms with Crippen LogP contribution in [0.4, 0.5) is 0 Å². The van der Waals surface area contributed by atoms with Crippen molar-refractivity contribution in [1.29, 1.82) is 5.41 Å². The van der Waals surface area contributed by atoms with Gasteiger partial charge in [0.05, 0.1) is 5.52 Å². The number of rotatable bonds is 2. The summed E-state index contributed by atoms with van der Waals surface area (Å²) in [6, 6.07) is 9.44. The van der Waals surface area contributed by atoms with Gasteiger partial charge in [-0.15, -0.1) is 0 Å². The highest BCUT2D eigenvalue weighted by Gasteiger charge is 2.08. The van der Waals surface area contributed by atoms with Crippen LogP contribution in [0.15, 0.2) is 49.1 Å². The minimum absolute atomic E-state index is 0.0370. The van der Waals surface area contributed by atoms with Crippen LogP contribution in [0.25, 0.3) is 16.7 Å². The van der Waals surface area contributed by atoms with E-state index in [1.165, 1.54) is 0 Å². The van der Waals surface area contributed by atoms with Crippen molar-refractivity contribution in [3.63, 3.8) is 0 Å². The third-order valence-electron chi connectivity index (χ3n) is 2.76. The van der Waals surface area contributed by atoms with Gasteiger partial charge in [0.15, 0.2) is 0 Å². The Balaban J connectivity index is 2.33. The SMILES string of the molecule is N=C(N)c1cc(-n2ccnc2)nc2ccccc12. The first-order valence-electron chi connectivity index (χ1n) is 5.48. The molecule has 0 fully saturated rings. The second kappa shape index (κ2) is 3.96. The Kier molecular flexibility index (Phi) is 2.30. The average molecular weight is 237 g/mol. The number of aromatic nitrogens is 3. The van der Waals surface area contributed by atoms with Gasteiger partial charge in [-0.2, -0.15) is 0 Å². The summed E-state index contributed by atoms with van der Waals surface area (Å²) in [7, 11) is 0. The zero-order valence-corrected chi connectivity index (χ0v) is 9.54. The molecule has 0 radical (unpaired) electrons. The number of hydrogen-bond donors (Lipinski definition) is 2. The molecule has 0 saturated heterocycles. The maximum Gasteiger partial charge on any atom is 0.139 e. The molecule has 0 aliphatic carbocycles. The molecule has 0 aliphatic heterocycles. The monoisotopic (exact) mass is 237 g/mol. The number of imidazole rings is 1. The molecule has 2 aromatic heterocycles. The molecule has 1 aromatic carbocycles. The second-order valence-electron chi connectivity index (χ2n) is 3.93. The quantitative estimate of drug-likeness (QED) is 0.526. The molecule has 5 heteroatoms. The summed E-state index contributed by atoms with van der Waals surface area (Å²) in [4.78, 5) is 8.52. The van der Waals surface area contributed by atoms with E-state index in [9.17, 15) is 0 Å². The van der Waals surface area contributed by atoms with Crippen molar-refractivity contribution in [2.75, 3.05) is 0 Å². The number of hydrogen-bond acceptors (Lipinski definition) is 3. The van der Waals surface area contributed by atoms with E-state index in [0.29, 0.717) is 11.4 Å². The fourth-order valence-corrected chi connectivity index (χ4v) is 1.91. The van der Waals surface area contributed by atoms with E-state index in [1.54, 1.807) is 29.4 Å². The molecule has 0 spiro atoms. The van der Waals surface area contributed by atoms with Crippen molar-refractivity contribution in [2.45, 2.75) is 0 Å². The number of amidine groups is 1. The van der Waals surface area contributed by atoms with Gasteiger partial charge in [-0.25, -0.2) is 9.97 Å². The number of benzene rings is 1. The van der Waals surface area contributed by atoms with Gasteiger partial charge >= 0.3 is 0 Å². The zero-order chi connectivity index (χ0) is 12.5. The largest absolute Gasteiger partial charge is 0.384 e. The molecule has 18 heavy (non-hydrogen) atoms. The fraction of sp³-hybridized carbons (Fsp3) is 0. The molecular weight excluding hydrogens is 226 g/mol. The molecule has 0 bridgehead atoms. The molecule has 3 rings (SSSR count). The molecule has 0 saturated carbocycles. The first-order chi connectivity index (χ1) is 8.75. The Hall–Kier alpha value is -2.69. The Morgan fingerprint density at radius 2 is 2.11 bits per heavy atom. The van der Waals surface area contributed by atoms with E-state index in [1.807, 2.05) is 24.3 Å². The average Bonchev–Trinajstić information content (AvgIpc) is 2.91. The minimum Gasteiger partial charge on any atom is -0.384 e. The Labute approximate surface area is 103 Å². The van der Waals surface area contributed by atoms with Gasteiger partial charge in [0.25, 0.3) is 0 Å². The van der Waals surface area contributed by atoms with E-state index in [-0.39, 0.29) is 5.84 Å². The van der Waals surface area contributed by atoms with E-state index in [0.717, 1.165) is 10.9 Å². The number of para-hydroxylation sites is 1. The number of nitrogen functional groups attached to an aromatic ring is 1. The van der Waals surface area contributed by atoms with Crippen molar-refractivity contribution in [2.24, 2.45) is 5.73 Å². The normalized spacial score (nSPS) is 10.7. The molecular formula is C13H11N5. The smallest absolute Gasteiger partial charge is 0.139 e. The number of fused-ring (bicyclic) bond motifs is 1. The molecule has 5 nitrogen and oxygen atoms in total. The van der Waals surface area contributed by atoms with Crippen LogP contribution < -0.4 is 5.73 Å². The summed E-state index contributed by atoms with van der Waals surface area (Å²) >= 11 is 0. The lowest BCUT2D eigenvalue weighted by Crippen LogP contribution is -2.13. The van der Waals surface area contributed by atoms with E-state index >= 15 is 0 Å². The molecule has 3 aromatic rings. The van der Waals surface area contributed by atoms with Gasteiger partial charge in [-0.3, -0.25) is 9.98 Å². The van der Waals surface area contributed by atoms with Crippen LogP contribution in [0.5, 0.6) is 0 Å². The maximum absolute atomic E-state index is 7.66. The maximum atomic E-state index is 7.66. The van der Waals surface area contributed by atoms with E-state index < -0.39 is 0 Å². The first kappa shape index (κ1) is 10.5. The molecule has 0 unspecified atom stereocenters. The molecule has 0 amide bonds.